The Morgan fingerprint density at radius 3 is 3.00 bits per heavy atom. The van der Waals surface area contributed by atoms with Gasteiger partial charge in [0.05, 0.1) is 24.4 Å². The summed E-state index contributed by atoms with van der Waals surface area (Å²) >= 11 is 0. The Labute approximate surface area is 103 Å². The van der Waals surface area contributed by atoms with Crippen molar-refractivity contribution in [1.29, 1.82) is 0 Å². The molecule has 2 atom stereocenters. The molecule has 0 aromatic carbocycles. The number of nitrogens with one attached hydrogen (secondary N) is 1. The van der Waals surface area contributed by atoms with Gasteiger partial charge in [-0.3, -0.25) is 4.68 Å². The smallest absolute Gasteiger partial charge is 0.0775 e. The minimum atomic E-state index is 0.344. The molecular formula is C13H23N3O. The Balaban J connectivity index is 1.92. The van der Waals surface area contributed by atoms with E-state index in [4.69, 9.17) is 4.74 Å². The van der Waals surface area contributed by atoms with Gasteiger partial charge in [-0.15, -0.1) is 0 Å². The van der Waals surface area contributed by atoms with Gasteiger partial charge in [0.2, 0.25) is 0 Å². The van der Waals surface area contributed by atoms with Gasteiger partial charge in [0.25, 0.3) is 0 Å². The van der Waals surface area contributed by atoms with Crippen LogP contribution in [0.25, 0.3) is 0 Å². The summed E-state index contributed by atoms with van der Waals surface area (Å²) < 4.78 is 7.85. The maximum atomic E-state index is 5.82. The van der Waals surface area contributed by atoms with Crippen LogP contribution in [0, 0.1) is 6.92 Å². The lowest BCUT2D eigenvalue weighted by molar-refractivity contribution is 0.0436. The van der Waals surface area contributed by atoms with Crippen LogP contribution in [0.3, 0.4) is 0 Å². The number of rotatable bonds is 5. The molecule has 2 unspecified atom stereocenters. The third-order valence-electron chi connectivity index (χ3n) is 3.32. The average Bonchev–Trinajstić information content (AvgIpc) is 2.83. The molecule has 0 saturated carbocycles. The van der Waals surface area contributed by atoms with Crippen molar-refractivity contribution in [1.82, 2.24) is 15.1 Å². The molecule has 96 valence electrons. The lowest BCUT2D eigenvalue weighted by Gasteiger charge is -2.10. The molecule has 1 fully saturated rings. The van der Waals surface area contributed by atoms with Gasteiger partial charge in [-0.25, -0.2) is 0 Å². The topological polar surface area (TPSA) is 39.1 Å². The number of aromatic nitrogens is 2. The molecule has 2 rings (SSSR count). The molecule has 17 heavy (non-hydrogen) atoms. The molecule has 4 nitrogen and oxygen atoms in total. The van der Waals surface area contributed by atoms with Crippen LogP contribution in [0.15, 0.2) is 6.20 Å². The van der Waals surface area contributed by atoms with E-state index >= 15 is 0 Å². The molecule has 0 aliphatic carbocycles. The van der Waals surface area contributed by atoms with Crippen molar-refractivity contribution >= 4 is 0 Å². The van der Waals surface area contributed by atoms with Crippen molar-refractivity contribution in [3.63, 3.8) is 0 Å². The van der Waals surface area contributed by atoms with Gasteiger partial charge in [0, 0.05) is 18.3 Å². The van der Waals surface area contributed by atoms with Crippen molar-refractivity contribution in [3.8, 4) is 0 Å². The highest BCUT2D eigenvalue weighted by Crippen LogP contribution is 2.20. The quantitative estimate of drug-likeness (QED) is 0.849. The fourth-order valence-electron chi connectivity index (χ4n) is 2.31. The van der Waals surface area contributed by atoms with E-state index in [1.807, 2.05) is 4.68 Å². The SMILES string of the molecule is CCNCc1cn(CC2CCC(C)O2)nc1C. The lowest BCUT2D eigenvalue weighted by atomic mass is 10.2. The summed E-state index contributed by atoms with van der Waals surface area (Å²) in [5, 5.41) is 7.88. The monoisotopic (exact) mass is 237 g/mol. The highest BCUT2D eigenvalue weighted by Gasteiger charge is 2.22. The van der Waals surface area contributed by atoms with Crippen LogP contribution in [0.4, 0.5) is 0 Å². The molecule has 2 heterocycles. The number of aryl methyl sites for hydroxylation is 1. The summed E-state index contributed by atoms with van der Waals surface area (Å²) in [4.78, 5) is 0. The Kier molecular flexibility index (Phi) is 4.18. The molecular weight excluding hydrogens is 214 g/mol. The summed E-state index contributed by atoms with van der Waals surface area (Å²) in [5.74, 6) is 0. The van der Waals surface area contributed by atoms with E-state index in [1.165, 1.54) is 12.0 Å². The molecule has 1 aromatic heterocycles. The van der Waals surface area contributed by atoms with E-state index in [9.17, 15) is 0 Å². The van der Waals surface area contributed by atoms with Crippen molar-refractivity contribution in [2.24, 2.45) is 0 Å². The molecule has 1 aliphatic rings. The normalized spacial score (nSPS) is 24.4. The van der Waals surface area contributed by atoms with E-state index in [0.29, 0.717) is 12.2 Å². The zero-order valence-electron chi connectivity index (χ0n) is 11.1. The number of hydrogen-bond acceptors (Lipinski definition) is 3. The van der Waals surface area contributed by atoms with Gasteiger partial charge < -0.3 is 10.1 Å². The molecule has 1 N–H and O–H groups in total. The highest BCUT2D eigenvalue weighted by atomic mass is 16.5. The van der Waals surface area contributed by atoms with E-state index in [0.717, 1.165) is 31.7 Å². The van der Waals surface area contributed by atoms with Crippen molar-refractivity contribution in [2.75, 3.05) is 6.54 Å². The van der Waals surface area contributed by atoms with Crippen LogP contribution in [0.2, 0.25) is 0 Å². The molecule has 0 amide bonds. The standard InChI is InChI=1S/C13H23N3O/c1-4-14-7-12-8-16(15-11(12)3)9-13-6-5-10(2)17-13/h8,10,13-14H,4-7,9H2,1-3H3. The van der Waals surface area contributed by atoms with Crippen molar-refractivity contribution in [2.45, 2.75) is 58.9 Å². The first-order chi connectivity index (χ1) is 8.19. The van der Waals surface area contributed by atoms with Crippen LogP contribution >= 0.6 is 0 Å². The summed E-state index contributed by atoms with van der Waals surface area (Å²) in [6, 6.07) is 0. The minimum absolute atomic E-state index is 0.344. The third-order valence-corrected chi connectivity index (χ3v) is 3.32. The van der Waals surface area contributed by atoms with Gasteiger partial charge in [0.1, 0.15) is 0 Å². The fourth-order valence-corrected chi connectivity index (χ4v) is 2.31. The fraction of sp³-hybridized carbons (Fsp3) is 0.769. The molecule has 1 saturated heterocycles. The first-order valence-electron chi connectivity index (χ1n) is 6.58. The van der Waals surface area contributed by atoms with Crippen LogP contribution in [-0.4, -0.2) is 28.5 Å². The van der Waals surface area contributed by atoms with E-state index in [1.54, 1.807) is 0 Å². The second-order valence-electron chi connectivity index (χ2n) is 4.89. The first-order valence-corrected chi connectivity index (χ1v) is 6.58. The predicted molar refractivity (Wildman–Crippen MR) is 67.9 cm³/mol. The summed E-state index contributed by atoms with van der Waals surface area (Å²) in [5.41, 5.74) is 2.41. The number of nitrogens with zero attached hydrogens (tertiary/aromatic N) is 2. The highest BCUT2D eigenvalue weighted by molar-refractivity contribution is 5.15. The molecule has 4 heteroatoms. The molecule has 0 bridgehead atoms. The lowest BCUT2D eigenvalue weighted by Crippen LogP contribution is -2.17. The summed E-state index contributed by atoms with van der Waals surface area (Å²) in [6.45, 7) is 9.12. The molecule has 0 radical (unpaired) electrons. The van der Waals surface area contributed by atoms with Crippen molar-refractivity contribution in [3.05, 3.63) is 17.5 Å². The van der Waals surface area contributed by atoms with Crippen LogP contribution in [0.5, 0.6) is 0 Å². The maximum Gasteiger partial charge on any atom is 0.0775 e. The number of ether oxygens (including phenoxy) is 1. The van der Waals surface area contributed by atoms with Gasteiger partial charge in [0.15, 0.2) is 0 Å². The zero-order valence-corrected chi connectivity index (χ0v) is 11.1. The Bertz CT molecular complexity index is 362. The van der Waals surface area contributed by atoms with E-state index in [2.05, 4.69) is 37.4 Å². The minimum Gasteiger partial charge on any atom is -0.373 e. The Morgan fingerprint density at radius 2 is 2.35 bits per heavy atom. The number of hydrogen-bond donors (Lipinski definition) is 1. The maximum absolute atomic E-state index is 5.82. The predicted octanol–water partition coefficient (Wildman–Crippen LogP) is 1.87. The van der Waals surface area contributed by atoms with Crippen LogP contribution in [-0.2, 0) is 17.8 Å². The molecule has 1 aromatic rings. The second kappa shape index (κ2) is 5.65. The van der Waals surface area contributed by atoms with E-state index in [-0.39, 0.29) is 0 Å². The van der Waals surface area contributed by atoms with Crippen molar-refractivity contribution < 1.29 is 4.74 Å². The largest absolute Gasteiger partial charge is 0.373 e. The first kappa shape index (κ1) is 12.6. The van der Waals surface area contributed by atoms with Gasteiger partial charge in [-0.2, -0.15) is 5.10 Å². The van der Waals surface area contributed by atoms with Gasteiger partial charge >= 0.3 is 0 Å². The molecule has 0 spiro atoms. The van der Waals surface area contributed by atoms with Crippen LogP contribution < -0.4 is 5.32 Å². The Hall–Kier alpha value is -0.870. The summed E-state index contributed by atoms with van der Waals surface area (Å²) in [7, 11) is 0. The van der Waals surface area contributed by atoms with Gasteiger partial charge in [-0.05, 0) is 33.2 Å². The van der Waals surface area contributed by atoms with Crippen LogP contribution in [0.1, 0.15) is 37.9 Å². The molecule has 1 aliphatic heterocycles. The second-order valence-corrected chi connectivity index (χ2v) is 4.89. The Morgan fingerprint density at radius 1 is 1.53 bits per heavy atom. The van der Waals surface area contributed by atoms with Gasteiger partial charge in [-0.1, -0.05) is 6.92 Å². The zero-order chi connectivity index (χ0) is 12.3. The average molecular weight is 237 g/mol. The van der Waals surface area contributed by atoms with E-state index < -0.39 is 0 Å². The third kappa shape index (κ3) is 3.30. The summed E-state index contributed by atoms with van der Waals surface area (Å²) in [6.07, 6.45) is 5.23.